The molecule has 0 radical (unpaired) electrons. The number of rotatable bonds is 9. The van der Waals surface area contributed by atoms with E-state index in [1.807, 2.05) is 90.6 Å². The Morgan fingerprint density at radius 3 is 2.30 bits per heavy atom. The zero-order valence-electron chi connectivity index (χ0n) is 18.8. The predicted octanol–water partition coefficient (Wildman–Crippen LogP) is 4.91. The number of hydrogen-bond donors (Lipinski definition) is 2. The molecule has 33 heavy (non-hydrogen) atoms. The molecule has 0 bridgehead atoms. The van der Waals surface area contributed by atoms with Crippen molar-refractivity contribution < 1.29 is 9.53 Å². The lowest BCUT2D eigenvalue weighted by molar-refractivity contribution is -0.118. The number of nitrogens with one attached hydrogen (secondary N) is 2. The number of anilines is 1. The van der Waals surface area contributed by atoms with Crippen molar-refractivity contribution >= 4 is 11.6 Å². The Kier molecular flexibility index (Phi) is 7.17. The number of carbonyl (C=O) groups is 1. The molecule has 0 aliphatic heterocycles. The van der Waals surface area contributed by atoms with Crippen molar-refractivity contribution in [2.75, 3.05) is 12.4 Å². The highest BCUT2D eigenvalue weighted by molar-refractivity contribution is 5.96. The first-order chi connectivity index (χ1) is 16.1. The number of hydrogen-bond acceptors (Lipinski definition) is 4. The Morgan fingerprint density at radius 1 is 0.970 bits per heavy atom. The van der Waals surface area contributed by atoms with Gasteiger partial charge in [-0.3, -0.25) is 14.8 Å². The zero-order chi connectivity index (χ0) is 23.0. The Hall–Kier alpha value is -3.90. The molecule has 4 aromatic rings. The summed E-state index contributed by atoms with van der Waals surface area (Å²) in [4.78, 5) is 13.6. The van der Waals surface area contributed by atoms with Gasteiger partial charge in [0.05, 0.1) is 25.4 Å². The van der Waals surface area contributed by atoms with Crippen LogP contribution in [0.15, 0.2) is 97.3 Å². The summed E-state index contributed by atoms with van der Waals surface area (Å²) in [5.74, 6) is 0.461. The molecular weight excluding hydrogens is 412 g/mol. The van der Waals surface area contributed by atoms with Crippen LogP contribution in [0.1, 0.15) is 28.8 Å². The molecule has 2 N–H and O–H groups in total. The summed E-state index contributed by atoms with van der Waals surface area (Å²) in [6, 6.07) is 26.8. The van der Waals surface area contributed by atoms with Crippen molar-refractivity contribution in [3.8, 4) is 5.75 Å². The summed E-state index contributed by atoms with van der Waals surface area (Å²) in [5.41, 5.74) is 3.64. The van der Waals surface area contributed by atoms with Crippen LogP contribution in [0.25, 0.3) is 0 Å². The number of amides is 1. The first kappa shape index (κ1) is 22.3. The van der Waals surface area contributed by atoms with Gasteiger partial charge < -0.3 is 10.1 Å². The third-order valence-corrected chi connectivity index (χ3v) is 5.51. The topological polar surface area (TPSA) is 68.2 Å². The monoisotopic (exact) mass is 440 g/mol. The lowest BCUT2D eigenvalue weighted by atomic mass is 10.0. The number of aromatic nitrogens is 2. The normalized spacial score (nSPS) is 12.7. The molecule has 0 aliphatic carbocycles. The molecule has 1 heterocycles. The van der Waals surface area contributed by atoms with Gasteiger partial charge >= 0.3 is 0 Å². The lowest BCUT2D eigenvalue weighted by Crippen LogP contribution is -2.37. The second-order valence-electron chi connectivity index (χ2n) is 7.89. The molecule has 0 fully saturated rings. The van der Waals surface area contributed by atoms with Gasteiger partial charge in [-0.15, -0.1) is 0 Å². The molecule has 0 saturated carbocycles. The average molecular weight is 441 g/mol. The van der Waals surface area contributed by atoms with E-state index in [2.05, 4.69) is 27.9 Å². The van der Waals surface area contributed by atoms with E-state index in [-0.39, 0.29) is 11.9 Å². The summed E-state index contributed by atoms with van der Waals surface area (Å²) >= 11 is 0. The standard InChI is InChI=1S/C27H28N4O2/c1-20-14-15-25(33-2)23(18-20)30-27(32)26(22-12-7-4-8-13-22)29-24(19-31-17-9-16-28-31)21-10-5-3-6-11-21/h3-18,24,26,29H,19H2,1-2H3,(H,30,32)/t24-,26+/m0/s1. The van der Waals surface area contributed by atoms with Gasteiger partial charge in [0, 0.05) is 12.4 Å². The molecule has 0 unspecified atom stereocenters. The maximum absolute atomic E-state index is 13.6. The molecule has 0 aliphatic rings. The van der Waals surface area contributed by atoms with Gasteiger partial charge in [-0.1, -0.05) is 66.7 Å². The second-order valence-corrected chi connectivity index (χ2v) is 7.89. The summed E-state index contributed by atoms with van der Waals surface area (Å²) in [7, 11) is 1.60. The van der Waals surface area contributed by atoms with Crippen LogP contribution in [0.4, 0.5) is 5.69 Å². The third kappa shape index (κ3) is 5.67. The molecule has 1 amide bonds. The van der Waals surface area contributed by atoms with Crippen molar-refractivity contribution in [1.29, 1.82) is 0 Å². The van der Waals surface area contributed by atoms with Gasteiger partial charge in [-0.05, 0) is 41.8 Å². The Labute approximate surface area is 194 Å². The second kappa shape index (κ2) is 10.6. The SMILES string of the molecule is COc1ccc(C)cc1NC(=O)[C@H](N[C@@H](Cn1cccn1)c1ccccc1)c1ccccc1. The van der Waals surface area contributed by atoms with Crippen molar-refractivity contribution in [1.82, 2.24) is 15.1 Å². The van der Waals surface area contributed by atoms with Crippen LogP contribution in [0, 0.1) is 6.92 Å². The van der Waals surface area contributed by atoms with Gasteiger partial charge in [-0.2, -0.15) is 5.10 Å². The molecule has 6 nitrogen and oxygen atoms in total. The first-order valence-electron chi connectivity index (χ1n) is 10.9. The fraction of sp³-hybridized carbons (Fsp3) is 0.185. The van der Waals surface area contributed by atoms with Crippen molar-refractivity contribution in [3.05, 3.63) is 114 Å². The molecule has 0 saturated heterocycles. The number of methoxy groups -OCH3 is 1. The van der Waals surface area contributed by atoms with Crippen LogP contribution in [-0.4, -0.2) is 22.8 Å². The molecule has 3 aromatic carbocycles. The van der Waals surface area contributed by atoms with E-state index in [0.717, 1.165) is 16.7 Å². The van der Waals surface area contributed by atoms with Crippen LogP contribution in [-0.2, 0) is 11.3 Å². The van der Waals surface area contributed by atoms with Crippen LogP contribution in [0.5, 0.6) is 5.75 Å². The number of carbonyl (C=O) groups excluding carboxylic acids is 1. The van der Waals surface area contributed by atoms with Gasteiger partial charge in [0.2, 0.25) is 5.91 Å². The summed E-state index contributed by atoms with van der Waals surface area (Å²) in [6.45, 7) is 2.57. The fourth-order valence-corrected chi connectivity index (χ4v) is 3.83. The van der Waals surface area contributed by atoms with Crippen LogP contribution in [0.3, 0.4) is 0 Å². The Morgan fingerprint density at radius 2 is 1.67 bits per heavy atom. The van der Waals surface area contributed by atoms with Crippen molar-refractivity contribution in [2.24, 2.45) is 0 Å². The highest BCUT2D eigenvalue weighted by atomic mass is 16.5. The lowest BCUT2D eigenvalue weighted by Gasteiger charge is -2.26. The Balaban J connectivity index is 1.66. The highest BCUT2D eigenvalue weighted by Gasteiger charge is 2.26. The van der Waals surface area contributed by atoms with Gasteiger partial charge in [0.1, 0.15) is 11.8 Å². The van der Waals surface area contributed by atoms with Crippen molar-refractivity contribution in [3.63, 3.8) is 0 Å². The van der Waals surface area contributed by atoms with Gasteiger partial charge in [0.15, 0.2) is 0 Å². The molecule has 1 aromatic heterocycles. The molecule has 2 atom stereocenters. The van der Waals surface area contributed by atoms with E-state index >= 15 is 0 Å². The number of benzene rings is 3. The van der Waals surface area contributed by atoms with E-state index in [1.165, 1.54) is 0 Å². The minimum absolute atomic E-state index is 0.138. The van der Waals surface area contributed by atoms with Crippen LogP contribution in [0.2, 0.25) is 0 Å². The zero-order valence-corrected chi connectivity index (χ0v) is 18.8. The van der Waals surface area contributed by atoms with E-state index in [9.17, 15) is 4.79 Å². The summed E-state index contributed by atoms with van der Waals surface area (Å²) in [5, 5.41) is 11.0. The molecule has 6 heteroatoms. The van der Waals surface area contributed by atoms with E-state index in [0.29, 0.717) is 18.0 Å². The first-order valence-corrected chi connectivity index (χ1v) is 10.9. The average Bonchev–Trinajstić information content (AvgIpc) is 3.36. The maximum atomic E-state index is 13.6. The van der Waals surface area contributed by atoms with E-state index < -0.39 is 6.04 Å². The maximum Gasteiger partial charge on any atom is 0.246 e. The predicted molar refractivity (Wildman–Crippen MR) is 130 cm³/mol. The van der Waals surface area contributed by atoms with E-state index in [4.69, 9.17) is 4.74 Å². The third-order valence-electron chi connectivity index (χ3n) is 5.51. The highest BCUT2D eigenvalue weighted by Crippen LogP contribution is 2.28. The van der Waals surface area contributed by atoms with Gasteiger partial charge in [0.25, 0.3) is 0 Å². The molecule has 4 rings (SSSR count). The van der Waals surface area contributed by atoms with E-state index in [1.54, 1.807) is 13.3 Å². The summed E-state index contributed by atoms with van der Waals surface area (Å²) < 4.78 is 7.33. The number of aryl methyl sites for hydroxylation is 1. The smallest absolute Gasteiger partial charge is 0.246 e. The molecule has 168 valence electrons. The Bertz CT molecular complexity index is 1160. The summed E-state index contributed by atoms with van der Waals surface area (Å²) in [6.07, 6.45) is 3.68. The molecular formula is C27H28N4O2. The number of ether oxygens (including phenoxy) is 1. The van der Waals surface area contributed by atoms with Crippen LogP contribution < -0.4 is 15.4 Å². The minimum Gasteiger partial charge on any atom is -0.495 e. The fourth-order valence-electron chi connectivity index (χ4n) is 3.83. The molecule has 0 spiro atoms. The van der Waals surface area contributed by atoms with Crippen LogP contribution >= 0.6 is 0 Å². The minimum atomic E-state index is -0.586. The number of nitrogens with zero attached hydrogens (tertiary/aromatic N) is 2. The van der Waals surface area contributed by atoms with Gasteiger partial charge in [-0.25, -0.2) is 0 Å². The quantitative estimate of drug-likeness (QED) is 0.388. The largest absolute Gasteiger partial charge is 0.495 e. The van der Waals surface area contributed by atoms with Crippen molar-refractivity contribution in [2.45, 2.75) is 25.6 Å².